The van der Waals surface area contributed by atoms with Crippen LogP contribution in [0.2, 0.25) is 0 Å². The highest BCUT2D eigenvalue weighted by Crippen LogP contribution is 2.32. The van der Waals surface area contributed by atoms with E-state index in [1.54, 1.807) is 6.07 Å². The van der Waals surface area contributed by atoms with Crippen molar-refractivity contribution in [3.8, 4) is 16.9 Å². The van der Waals surface area contributed by atoms with Crippen LogP contribution in [0.5, 0.6) is 5.75 Å². The average Bonchev–Trinajstić information content (AvgIpc) is 3.46. The summed E-state index contributed by atoms with van der Waals surface area (Å²) < 4.78 is 13.4. The Kier molecular flexibility index (Phi) is 13.6. The van der Waals surface area contributed by atoms with Crippen LogP contribution < -0.4 is 15.0 Å². The molecule has 0 fully saturated rings. The molecule has 0 saturated heterocycles. The molecule has 51 heavy (non-hydrogen) atoms. The summed E-state index contributed by atoms with van der Waals surface area (Å²) in [5, 5.41) is 3.56. The van der Waals surface area contributed by atoms with Gasteiger partial charge in [0.05, 0.1) is 11.0 Å². The van der Waals surface area contributed by atoms with Crippen molar-refractivity contribution >= 4 is 28.6 Å². The molecule has 0 amide bonds. The minimum atomic E-state index is -0.707. The smallest absolute Gasteiger partial charge is 0.428 e. The van der Waals surface area contributed by atoms with Crippen LogP contribution in [0.4, 0.5) is 16.2 Å². The van der Waals surface area contributed by atoms with Gasteiger partial charge in [0.1, 0.15) is 17.2 Å². The Labute approximate surface area is 305 Å². The minimum Gasteiger partial charge on any atom is -0.428 e. The van der Waals surface area contributed by atoms with Crippen LogP contribution in [-0.4, -0.2) is 40.9 Å². The zero-order valence-corrected chi connectivity index (χ0v) is 31.3. The van der Waals surface area contributed by atoms with Gasteiger partial charge in [-0.05, 0) is 94.0 Å². The van der Waals surface area contributed by atoms with Crippen molar-refractivity contribution in [1.29, 1.82) is 0 Å². The molecule has 0 aliphatic heterocycles. The fourth-order valence-corrected chi connectivity index (χ4v) is 6.33. The number of fused-ring (bicyclic) bond motifs is 1. The molecular weight excluding hydrogens is 633 g/mol. The molecule has 4 aromatic carbocycles. The van der Waals surface area contributed by atoms with Crippen molar-refractivity contribution in [3.63, 3.8) is 0 Å². The topological polar surface area (TPSA) is 68.6 Å². The maximum absolute atomic E-state index is 12.5. The molecule has 1 heterocycles. The van der Waals surface area contributed by atoms with Gasteiger partial charge in [-0.25, -0.2) is 9.78 Å². The molecule has 270 valence electrons. The second-order valence-electron chi connectivity index (χ2n) is 14.3. The van der Waals surface area contributed by atoms with Gasteiger partial charge < -0.3 is 24.3 Å². The maximum atomic E-state index is 12.5. The molecule has 0 atom stereocenters. The number of hydrogen-bond acceptors (Lipinski definition) is 6. The quantitative estimate of drug-likeness (QED) is 0.0561. The number of carbonyl (C=O) groups is 1. The summed E-state index contributed by atoms with van der Waals surface area (Å²) in [7, 11) is 0. The Morgan fingerprint density at radius 1 is 0.804 bits per heavy atom. The predicted octanol–water partition coefficient (Wildman–Crippen LogP) is 11.3. The lowest BCUT2D eigenvalue weighted by Gasteiger charge is -2.25. The highest BCUT2D eigenvalue weighted by molar-refractivity contribution is 5.81. The van der Waals surface area contributed by atoms with Gasteiger partial charge in [-0.1, -0.05) is 93.8 Å². The summed E-state index contributed by atoms with van der Waals surface area (Å²) in [6.45, 7) is 13.8. The van der Waals surface area contributed by atoms with E-state index < -0.39 is 11.8 Å². The number of hydrogen-bond donors (Lipinski definition) is 1. The summed E-state index contributed by atoms with van der Waals surface area (Å²) >= 11 is 0. The number of benzene rings is 4. The lowest BCUT2D eigenvalue weighted by molar-refractivity contribution is 0.0207. The zero-order valence-electron chi connectivity index (χ0n) is 31.3. The Balaban J connectivity index is 1.35. The Morgan fingerprint density at radius 2 is 1.51 bits per heavy atom. The number of rotatable bonds is 18. The molecule has 0 aliphatic carbocycles. The summed E-state index contributed by atoms with van der Waals surface area (Å²) in [5.41, 5.74) is 7.07. The fourth-order valence-electron chi connectivity index (χ4n) is 6.33. The average molecular weight is 689 g/mol. The third-order valence-electron chi connectivity index (χ3n) is 8.99. The van der Waals surface area contributed by atoms with Crippen LogP contribution in [0.3, 0.4) is 0 Å². The number of imidazole rings is 1. The number of carbonyl (C=O) groups excluding carboxylic acids is 1. The Hall–Kier alpha value is -4.78. The normalized spacial score (nSPS) is 11.5. The first-order chi connectivity index (χ1) is 24.7. The largest absolute Gasteiger partial charge is 0.514 e. The third kappa shape index (κ3) is 11.1. The second-order valence-corrected chi connectivity index (χ2v) is 14.3. The van der Waals surface area contributed by atoms with Gasteiger partial charge in [-0.3, -0.25) is 0 Å². The van der Waals surface area contributed by atoms with Crippen molar-refractivity contribution in [2.45, 2.75) is 98.1 Å². The highest BCUT2D eigenvalue weighted by Gasteiger charge is 2.20. The van der Waals surface area contributed by atoms with Crippen molar-refractivity contribution < 1.29 is 14.3 Å². The molecule has 0 spiro atoms. The zero-order chi connectivity index (χ0) is 36.1. The van der Waals surface area contributed by atoms with Crippen LogP contribution in [0, 0.1) is 0 Å². The first kappa shape index (κ1) is 37.5. The molecule has 0 aliphatic rings. The number of aryl methyl sites for hydroxylation is 1. The number of nitrogens with one attached hydrogen (secondary N) is 1. The van der Waals surface area contributed by atoms with E-state index in [9.17, 15) is 4.79 Å². The van der Waals surface area contributed by atoms with Gasteiger partial charge >= 0.3 is 6.16 Å². The SMILES string of the molecule is CCCCCN(CCCCNc1ccccc1)c1ccc2nc(CCCC)n(Cc3ccc(-c4ccccc4OC(=O)OC(C)(C)C)cc3)c2c1. The van der Waals surface area contributed by atoms with Gasteiger partial charge in [0.15, 0.2) is 0 Å². The predicted molar refractivity (Wildman–Crippen MR) is 212 cm³/mol. The van der Waals surface area contributed by atoms with Crippen molar-refractivity contribution in [1.82, 2.24) is 9.55 Å². The van der Waals surface area contributed by atoms with Crippen LogP contribution in [0.15, 0.2) is 97.1 Å². The standard InChI is InChI=1S/C44H56N4O3/c1-6-8-16-30-47(31-17-15-29-45-36-18-11-10-12-19-36)37-27-28-39-40(32-37)48(42(46-39)22-9-7-2)33-34-23-25-35(26-24-34)38-20-13-14-21-41(38)50-43(49)51-44(3,4)5/h10-14,18-21,23-28,32,45H,6-9,15-17,22,29-31,33H2,1-5H3. The summed E-state index contributed by atoms with van der Waals surface area (Å²) in [5.74, 6) is 1.61. The molecule has 1 N–H and O–H groups in total. The molecule has 7 heteroatoms. The van der Waals surface area contributed by atoms with Crippen LogP contribution in [0.25, 0.3) is 22.2 Å². The van der Waals surface area contributed by atoms with Crippen molar-refractivity contribution in [2.75, 3.05) is 29.9 Å². The molecule has 0 unspecified atom stereocenters. The highest BCUT2D eigenvalue weighted by atomic mass is 16.7. The molecule has 1 aromatic heterocycles. The van der Waals surface area contributed by atoms with Crippen LogP contribution in [-0.2, 0) is 17.7 Å². The number of para-hydroxylation sites is 2. The summed E-state index contributed by atoms with van der Waals surface area (Å²) in [6.07, 6.45) is 8.35. The van der Waals surface area contributed by atoms with E-state index in [0.717, 1.165) is 80.8 Å². The van der Waals surface area contributed by atoms with Gasteiger partial charge in [0.25, 0.3) is 0 Å². The van der Waals surface area contributed by atoms with Gasteiger partial charge in [0.2, 0.25) is 0 Å². The molecule has 0 radical (unpaired) electrons. The van der Waals surface area contributed by atoms with Crippen LogP contribution in [0.1, 0.15) is 91.0 Å². The van der Waals surface area contributed by atoms with E-state index >= 15 is 0 Å². The molecule has 0 bridgehead atoms. The van der Waals surface area contributed by atoms with E-state index in [0.29, 0.717) is 5.75 Å². The fraction of sp³-hybridized carbons (Fsp3) is 0.409. The van der Waals surface area contributed by atoms with Crippen LogP contribution >= 0.6 is 0 Å². The first-order valence-corrected chi connectivity index (χ1v) is 18.9. The summed E-state index contributed by atoms with van der Waals surface area (Å²) in [6, 6.07) is 33.4. The second kappa shape index (κ2) is 18.5. The number of aromatic nitrogens is 2. The molecule has 5 rings (SSSR count). The van der Waals surface area contributed by atoms with Gasteiger partial charge in [-0.15, -0.1) is 0 Å². The molecular formula is C44H56N4O3. The minimum absolute atomic E-state index is 0.477. The van der Waals surface area contributed by atoms with E-state index in [4.69, 9.17) is 14.5 Å². The lowest BCUT2D eigenvalue weighted by Crippen LogP contribution is -2.26. The third-order valence-corrected chi connectivity index (χ3v) is 8.99. The lowest BCUT2D eigenvalue weighted by atomic mass is 10.0. The van der Waals surface area contributed by atoms with E-state index in [2.05, 4.69) is 101 Å². The van der Waals surface area contributed by atoms with Gasteiger partial charge in [0, 0.05) is 49.5 Å². The molecule has 7 nitrogen and oxygen atoms in total. The van der Waals surface area contributed by atoms with Crippen molar-refractivity contribution in [3.05, 3.63) is 108 Å². The Bertz CT molecular complexity index is 1810. The number of anilines is 2. The van der Waals surface area contributed by atoms with Gasteiger partial charge in [-0.2, -0.15) is 0 Å². The first-order valence-electron chi connectivity index (χ1n) is 18.9. The number of ether oxygens (including phenoxy) is 2. The van der Waals surface area contributed by atoms with Crippen molar-refractivity contribution in [2.24, 2.45) is 0 Å². The van der Waals surface area contributed by atoms with E-state index in [-0.39, 0.29) is 0 Å². The van der Waals surface area contributed by atoms with E-state index in [1.807, 2.05) is 39.0 Å². The monoisotopic (exact) mass is 688 g/mol. The molecule has 5 aromatic rings. The number of unbranched alkanes of at least 4 members (excludes halogenated alkanes) is 4. The van der Waals surface area contributed by atoms with E-state index in [1.165, 1.54) is 41.7 Å². The Morgan fingerprint density at radius 3 is 2.24 bits per heavy atom. The summed E-state index contributed by atoms with van der Waals surface area (Å²) in [4.78, 5) is 20.2. The maximum Gasteiger partial charge on any atom is 0.514 e. The number of nitrogens with zero attached hydrogens (tertiary/aromatic N) is 3. The molecule has 0 saturated carbocycles.